The number of thioether (sulfide) groups is 1. The van der Waals surface area contributed by atoms with Gasteiger partial charge in [-0.2, -0.15) is 0 Å². The van der Waals surface area contributed by atoms with Crippen LogP contribution in [-0.2, 0) is 4.79 Å². The van der Waals surface area contributed by atoms with Gasteiger partial charge in [-0.1, -0.05) is 12.0 Å². The summed E-state index contributed by atoms with van der Waals surface area (Å²) in [6, 6.07) is 9.75. The van der Waals surface area contributed by atoms with Gasteiger partial charge in [0, 0.05) is 7.05 Å². The molecule has 0 spiro atoms. The first-order valence-electron chi connectivity index (χ1n) is 8.87. The van der Waals surface area contributed by atoms with Crippen molar-refractivity contribution >= 4 is 56.5 Å². The number of nitrogens with zero attached hydrogens (tertiary/aromatic N) is 2. The molecule has 2 aromatic carbocycles. The van der Waals surface area contributed by atoms with Gasteiger partial charge in [0.05, 0.1) is 27.7 Å². The van der Waals surface area contributed by atoms with Crippen molar-refractivity contribution in [2.24, 2.45) is 4.99 Å². The summed E-state index contributed by atoms with van der Waals surface area (Å²) in [6.07, 6.45) is 6.97. The van der Waals surface area contributed by atoms with Crippen molar-refractivity contribution in [1.29, 1.82) is 0 Å². The van der Waals surface area contributed by atoms with E-state index in [1.54, 1.807) is 37.4 Å². The van der Waals surface area contributed by atoms with E-state index in [1.165, 1.54) is 35.9 Å². The molecule has 0 bridgehead atoms. The Morgan fingerprint density at radius 1 is 1.39 bits per heavy atom. The van der Waals surface area contributed by atoms with Crippen LogP contribution in [0.3, 0.4) is 0 Å². The predicted molar refractivity (Wildman–Crippen MR) is 124 cm³/mol. The highest BCUT2D eigenvalue weighted by molar-refractivity contribution is 9.10. The molecule has 7 nitrogen and oxygen atoms in total. The van der Waals surface area contributed by atoms with Crippen LogP contribution in [0.2, 0.25) is 0 Å². The number of carboxylic acids is 1. The van der Waals surface area contributed by atoms with Gasteiger partial charge in [0.1, 0.15) is 6.61 Å². The molecule has 158 valence electrons. The molecule has 0 unspecified atom stereocenters. The van der Waals surface area contributed by atoms with Crippen LogP contribution in [-0.4, -0.2) is 47.8 Å². The molecule has 31 heavy (non-hydrogen) atoms. The minimum absolute atomic E-state index is 0.0947. The van der Waals surface area contributed by atoms with E-state index in [-0.39, 0.29) is 18.1 Å². The zero-order valence-electron chi connectivity index (χ0n) is 16.6. The molecule has 1 aliphatic heterocycles. The van der Waals surface area contributed by atoms with E-state index in [9.17, 15) is 9.59 Å². The first-order valence-corrected chi connectivity index (χ1v) is 10.5. The number of terminal acetylenes is 1. The molecule has 1 fully saturated rings. The third kappa shape index (κ3) is 5.10. The molecule has 1 N–H and O–H groups in total. The van der Waals surface area contributed by atoms with E-state index >= 15 is 0 Å². The number of carboxylic acid groups (broad SMARTS) is 1. The van der Waals surface area contributed by atoms with Crippen molar-refractivity contribution in [3.8, 4) is 23.8 Å². The van der Waals surface area contributed by atoms with Crippen LogP contribution in [0.15, 0.2) is 50.8 Å². The largest absolute Gasteiger partial charge is 0.493 e. The van der Waals surface area contributed by atoms with E-state index < -0.39 is 5.97 Å². The minimum atomic E-state index is -1.04. The fourth-order valence-electron chi connectivity index (χ4n) is 2.70. The molecule has 0 radical (unpaired) electrons. The number of amides is 1. The minimum Gasteiger partial charge on any atom is -0.493 e. The summed E-state index contributed by atoms with van der Waals surface area (Å²) in [4.78, 5) is 30.2. The Kier molecular flexibility index (Phi) is 7.05. The van der Waals surface area contributed by atoms with Crippen molar-refractivity contribution < 1.29 is 24.2 Å². The molecule has 2 aromatic rings. The Morgan fingerprint density at radius 2 is 2.16 bits per heavy atom. The number of rotatable bonds is 6. The summed E-state index contributed by atoms with van der Waals surface area (Å²) >= 11 is 4.64. The molecule has 0 aromatic heterocycles. The molecular formula is C22H17BrN2O5S. The van der Waals surface area contributed by atoms with Gasteiger partial charge < -0.3 is 14.6 Å². The highest BCUT2D eigenvalue weighted by Crippen LogP contribution is 2.39. The van der Waals surface area contributed by atoms with Gasteiger partial charge in [0.2, 0.25) is 0 Å². The monoisotopic (exact) mass is 500 g/mol. The average molecular weight is 501 g/mol. The average Bonchev–Trinajstić information content (AvgIpc) is 3.00. The van der Waals surface area contributed by atoms with Crippen molar-refractivity contribution in [2.45, 2.75) is 0 Å². The topological polar surface area (TPSA) is 88.4 Å². The molecule has 9 heteroatoms. The van der Waals surface area contributed by atoms with Crippen LogP contribution in [0.5, 0.6) is 11.5 Å². The maximum absolute atomic E-state index is 12.7. The summed E-state index contributed by atoms with van der Waals surface area (Å²) < 4.78 is 11.5. The number of benzene rings is 2. The van der Waals surface area contributed by atoms with E-state index in [0.29, 0.717) is 31.7 Å². The second-order valence-corrected chi connectivity index (χ2v) is 8.12. The van der Waals surface area contributed by atoms with E-state index in [0.717, 1.165) is 5.56 Å². The van der Waals surface area contributed by atoms with Crippen LogP contribution in [0.25, 0.3) is 6.08 Å². The third-order valence-corrected chi connectivity index (χ3v) is 5.82. The highest BCUT2D eigenvalue weighted by atomic mass is 79.9. The first-order chi connectivity index (χ1) is 14.8. The number of halogens is 1. The normalized spacial score (nSPS) is 15.9. The SMILES string of the molecule is C#CCOc1c(Br)cc(/C=C2/SC(=Nc3cccc(C(=O)O)c3)N(C)C2=O)cc1OC. The number of likely N-dealkylation sites (N-methyl/N-ethyl adjacent to an activating group) is 1. The maximum Gasteiger partial charge on any atom is 0.335 e. The lowest BCUT2D eigenvalue weighted by molar-refractivity contribution is -0.121. The van der Waals surface area contributed by atoms with Gasteiger partial charge in [-0.05, 0) is 69.7 Å². The second kappa shape index (κ2) is 9.73. The molecular weight excluding hydrogens is 484 g/mol. The summed E-state index contributed by atoms with van der Waals surface area (Å²) in [5.74, 6) is 2.09. The number of aliphatic imine (C=N–C) groups is 1. The fourth-order valence-corrected chi connectivity index (χ4v) is 4.26. The Hall–Kier alpha value is -3.22. The third-order valence-electron chi connectivity index (χ3n) is 4.17. The lowest BCUT2D eigenvalue weighted by Gasteiger charge is -2.12. The number of aromatic carboxylic acids is 1. The van der Waals surface area contributed by atoms with E-state index in [4.69, 9.17) is 21.0 Å². The van der Waals surface area contributed by atoms with Crippen molar-refractivity contribution in [2.75, 3.05) is 20.8 Å². The number of ether oxygens (including phenoxy) is 2. The van der Waals surface area contributed by atoms with Crippen molar-refractivity contribution in [1.82, 2.24) is 4.90 Å². The maximum atomic E-state index is 12.7. The van der Waals surface area contributed by atoms with Gasteiger partial charge in [0.15, 0.2) is 16.7 Å². The Morgan fingerprint density at radius 3 is 2.84 bits per heavy atom. The Balaban J connectivity index is 1.92. The van der Waals surface area contributed by atoms with Crippen LogP contribution < -0.4 is 9.47 Å². The number of hydrogen-bond acceptors (Lipinski definition) is 6. The van der Waals surface area contributed by atoms with Crippen molar-refractivity contribution in [3.05, 3.63) is 56.9 Å². The number of hydrogen-bond donors (Lipinski definition) is 1. The van der Waals surface area contributed by atoms with Crippen LogP contribution in [0.4, 0.5) is 5.69 Å². The standard InChI is InChI=1S/C22H17BrN2O5S/c1-4-8-30-19-16(23)9-13(10-17(19)29-3)11-18-20(26)25(2)22(31-18)24-15-7-5-6-14(12-15)21(27)28/h1,5-7,9-12H,8H2,2-3H3,(H,27,28)/b18-11+,24-22?. The Bertz CT molecular complexity index is 1150. The van der Waals surface area contributed by atoms with Crippen LogP contribution in [0, 0.1) is 12.3 Å². The van der Waals surface area contributed by atoms with Gasteiger partial charge in [-0.3, -0.25) is 9.69 Å². The fraction of sp³-hybridized carbons (Fsp3) is 0.136. The molecule has 1 heterocycles. The molecule has 0 aliphatic carbocycles. The summed E-state index contributed by atoms with van der Waals surface area (Å²) in [5.41, 5.74) is 1.29. The van der Waals surface area contributed by atoms with Gasteiger partial charge >= 0.3 is 5.97 Å². The number of carbonyl (C=O) groups excluding carboxylic acids is 1. The van der Waals surface area contributed by atoms with Crippen LogP contribution in [0.1, 0.15) is 15.9 Å². The molecule has 1 saturated heterocycles. The molecule has 0 saturated carbocycles. The second-order valence-electron chi connectivity index (χ2n) is 6.25. The summed E-state index contributed by atoms with van der Waals surface area (Å²) in [5, 5.41) is 9.59. The summed E-state index contributed by atoms with van der Waals surface area (Å²) in [6.45, 7) is 0.0947. The molecule has 0 atom stereocenters. The molecule has 1 amide bonds. The lowest BCUT2D eigenvalue weighted by Crippen LogP contribution is -2.23. The number of methoxy groups -OCH3 is 1. The molecule has 3 rings (SSSR count). The van der Waals surface area contributed by atoms with Crippen LogP contribution >= 0.6 is 27.7 Å². The van der Waals surface area contributed by atoms with E-state index in [1.807, 2.05) is 0 Å². The summed E-state index contributed by atoms with van der Waals surface area (Å²) in [7, 11) is 3.13. The Labute approximate surface area is 191 Å². The lowest BCUT2D eigenvalue weighted by atomic mass is 10.2. The number of amidine groups is 1. The zero-order valence-corrected chi connectivity index (χ0v) is 19.0. The van der Waals surface area contributed by atoms with Gasteiger partial charge in [-0.15, -0.1) is 6.42 Å². The molecule has 1 aliphatic rings. The predicted octanol–water partition coefficient (Wildman–Crippen LogP) is 4.40. The zero-order chi connectivity index (χ0) is 22.5. The van der Waals surface area contributed by atoms with E-state index in [2.05, 4.69) is 26.8 Å². The van der Waals surface area contributed by atoms with Crippen molar-refractivity contribution in [3.63, 3.8) is 0 Å². The smallest absolute Gasteiger partial charge is 0.335 e. The van der Waals surface area contributed by atoms with Gasteiger partial charge in [-0.25, -0.2) is 9.79 Å². The number of carbonyl (C=O) groups is 2. The highest BCUT2D eigenvalue weighted by Gasteiger charge is 2.30. The first kappa shape index (κ1) is 22.5. The van der Waals surface area contributed by atoms with Gasteiger partial charge in [0.25, 0.3) is 5.91 Å². The quantitative estimate of drug-likeness (QED) is 0.467.